The Balaban J connectivity index is 2.04. The highest BCUT2D eigenvalue weighted by molar-refractivity contribution is 5.39. The number of hydrogen-bond acceptors (Lipinski definition) is 3. The molecule has 0 saturated carbocycles. The summed E-state index contributed by atoms with van der Waals surface area (Å²) in [5.41, 5.74) is 1.68. The summed E-state index contributed by atoms with van der Waals surface area (Å²) in [6.07, 6.45) is 5.12. The van der Waals surface area contributed by atoms with E-state index in [4.69, 9.17) is 0 Å². The lowest BCUT2D eigenvalue weighted by atomic mass is 10.0. The van der Waals surface area contributed by atoms with Crippen molar-refractivity contribution in [1.29, 1.82) is 0 Å². The van der Waals surface area contributed by atoms with Crippen LogP contribution in [0.4, 0.5) is 0 Å². The number of piperidine rings is 1. The van der Waals surface area contributed by atoms with E-state index in [1.165, 1.54) is 23.4 Å². The molecule has 1 aliphatic rings. The molecule has 0 radical (unpaired) electrons. The molecule has 2 aromatic heterocycles. The van der Waals surface area contributed by atoms with Crippen LogP contribution in [-0.4, -0.2) is 21.1 Å². The normalized spacial score (nSPS) is 21.4. The summed E-state index contributed by atoms with van der Waals surface area (Å²) in [5, 5.41) is 6.55. The fourth-order valence-electron chi connectivity index (χ4n) is 2.23. The van der Waals surface area contributed by atoms with Crippen molar-refractivity contribution in [2.75, 3.05) is 6.54 Å². The predicted octanol–water partition coefficient (Wildman–Crippen LogP) is 0.837. The monoisotopic (exact) mass is 218 g/mol. The molecule has 1 aliphatic heterocycles. The Morgan fingerprint density at radius 3 is 3.12 bits per heavy atom. The zero-order valence-electron chi connectivity index (χ0n) is 8.94. The average Bonchev–Trinajstić information content (AvgIpc) is 2.76. The van der Waals surface area contributed by atoms with Gasteiger partial charge in [0.1, 0.15) is 0 Å². The van der Waals surface area contributed by atoms with E-state index in [1.54, 1.807) is 6.20 Å². The van der Waals surface area contributed by atoms with E-state index < -0.39 is 0 Å². The van der Waals surface area contributed by atoms with Gasteiger partial charge >= 0.3 is 0 Å². The molecule has 16 heavy (non-hydrogen) atoms. The van der Waals surface area contributed by atoms with Gasteiger partial charge < -0.3 is 5.32 Å². The molecule has 1 saturated heterocycles. The fraction of sp³-hybridized carbons (Fsp3) is 0.455. The standard InChI is InChI=1S/C11H14N4O/c16-11-4-6-13-10-7-9(14-15(10)11)8-3-1-2-5-12-8/h4,6-8,12,14H,1-3,5H2. The van der Waals surface area contributed by atoms with Crippen molar-refractivity contribution in [1.82, 2.24) is 19.9 Å². The number of rotatable bonds is 1. The van der Waals surface area contributed by atoms with E-state index >= 15 is 0 Å². The zero-order chi connectivity index (χ0) is 11.0. The van der Waals surface area contributed by atoms with Crippen LogP contribution in [0.25, 0.3) is 5.65 Å². The van der Waals surface area contributed by atoms with Gasteiger partial charge in [-0.15, -0.1) is 0 Å². The number of aromatic amines is 1. The lowest BCUT2D eigenvalue weighted by Gasteiger charge is -2.21. The molecule has 1 fully saturated rings. The first-order valence-electron chi connectivity index (χ1n) is 5.65. The molecule has 0 spiro atoms. The lowest BCUT2D eigenvalue weighted by Crippen LogP contribution is -2.27. The van der Waals surface area contributed by atoms with Crippen molar-refractivity contribution in [2.24, 2.45) is 0 Å². The first kappa shape index (κ1) is 9.59. The second kappa shape index (κ2) is 3.75. The molecule has 2 N–H and O–H groups in total. The van der Waals surface area contributed by atoms with Crippen molar-refractivity contribution in [3.8, 4) is 0 Å². The Hall–Kier alpha value is -1.62. The molecule has 3 rings (SSSR count). The summed E-state index contributed by atoms with van der Waals surface area (Å²) in [6.45, 7) is 1.04. The third-order valence-electron chi connectivity index (χ3n) is 3.08. The Morgan fingerprint density at radius 1 is 1.44 bits per heavy atom. The number of nitrogens with one attached hydrogen (secondary N) is 2. The van der Waals surface area contributed by atoms with Gasteiger partial charge in [-0.05, 0) is 19.4 Å². The fourth-order valence-corrected chi connectivity index (χ4v) is 2.23. The van der Waals surface area contributed by atoms with Crippen molar-refractivity contribution in [3.63, 3.8) is 0 Å². The van der Waals surface area contributed by atoms with Crippen LogP contribution in [0.2, 0.25) is 0 Å². The summed E-state index contributed by atoms with van der Waals surface area (Å²) in [6, 6.07) is 3.74. The molecule has 0 aliphatic carbocycles. The molecule has 5 heteroatoms. The van der Waals surface area contributed by atoms with E-state index in [1.807, 2.05) is 6.07 Å². The van der Waals surface area contributed by atoms with Crippen molar-refractivity contribution in [2.45, 2.75) is 25.3 Å². The third-order valence-corrected chi connectivity index (χ3v) is 3.08. The molecular formula is C11H14N4O. The summed E-state index contributed by atoms with van der Waals surface area (Å²) in [4.78, 5) is 15.7. The molecule has 0 bridgehead atoms. The largest absolute Gasteiger partial charge is 0.309 e. The van der Waals surface area contributed by atoms with E-state index in [0.29, 0.717) is 11.7 Å². The van der Waals surface area contributed by atoms with Crippen LogP contribution in [-0.2, 0) is 0 Å². The first-order chi connectivity index (χ1) is 7.84. The molecule has 84 valence electrons. The van der Waals surface area contributed by atoms with Crippen LogP contribution in [0.15, 0.2) is 23.1 Å². The summed E-state index contributed by atoms with van der Waals surface area (Å²) in [5.74, 6) is 0. The van der Waals surface area contributed by atoms with Gasteiger partial charge in [-0.3, -0.25) is 9.89 Å². The van der Waals surface area contributed by atoms with E-state index in [2.05, 4.69) is 15.4 Å². The summed E-state index contributed by atoms with van der Waals surface area (Å²) < 4.78 is 1.49. The van der Waals surface area contributed by atoms with E-state index in [9.17, 15) is 4.79 Å². The predicted molar refractivity (Wildman–Crippen MR) is 60.4 cm³/mol. The highest BCUT2D eigenvalue weighted by Gasteiger charge is 2.17. The quantitative estimate of drug-likeness (QED) is 0.745. The number of fused-ring (bicyclic) bond motifs is 1. The van der Waals surface area contributed by atoms with Crippen molar-refractivity contribution >= 4 is 5.65 Å². The van der Waals surface area contributed by atoms with Crippen LogP contribution in [0.5, 0.6) is 0 Å². The molecule has 5 nitrogen and oxygen atoms in total. The summed E-state index contributed by atoms with van der Waals surface area (Å²) in [7, 11) is 0. The maximum Gasteiger partial charge on any atom is 0.272 e. The Labute approximate surface area is 92.5 Å². The topological polar surface area (TPSA) is 62.2 Å². The Morgan fingerprint density at radius 2 is 2.38 bits per heavy atom. The second-order valence-corrected chi connectivity index (χ2v) is 4.19. The number of aromatic nitrogens is 3. The average molecular weight is 218 g/mol. The molecule has 3 heterocycles. The van der Waals surface area contributed by atoms with Crippen LogP contribution in [0.1, 0.15) is 31.0 Å². The minimum Gasteiger partial charge on any atom is -0.309 e. The van der Waals surface area contributed by atoms with Crippen LogP contribution >= 0.6 is 0 Å². The molecule has 0 amide bonds. The van der Waals surface area contributed by atoms with E-state index in [0.717, 1.165) is 18.7 Å². The zero-order valence-corrected chi connectivity index (χ0v) is 8.94. The Kier molecular flexibility index (Phi) is 2.25. The molecular weight excluding hydrogens is 204 g/mol. The highest BCUT2D eigenvalue weighted by atomic mass is 16.1. The lowest BCUT2D eigenvalue weighted by molar-refractivity contribution is 0.404. The molecule has 1 atom stereocenters. The Bertz CT molecular complexity index is 550. The minimum atomic E-state index is -0.0629. The smallest absolute Gasteiger partial charge is 0.272 e. The number of hydrogen-bond donors (Lipinski definition) is 2. The van der Waals surface area contributed by atoms with Gasteiger partial charge in [0.25, 0.3) is 5.56 Å². The van der Waals surface area contributed by atoms with Gasteiger partial charge in [-0.25, -0.2) is 9.50 Å². The minimum absolute atomic E-state index is 0.0629. The van der Waals surface area contributed by atoms with Gasteiger partial charge in [-0.1, -0.05) is 6.42 Å². The van der Waals surface area contributed by atoms with Crippen molar-refractivity contribution < 1.29 is 0 Å². The van der Waals surface area contributed by atoms with Gasteiger partial charge in [0.2, 0.25) is 0 Å². The van der Waals surface area contributed by atoms with Crippen LogP contribution in [0.3, 0.4) is 0 Å². The van der Waals surface area contributed by atoms with E-state index in [-0.39, 0.29) is 5.56 Å². The van der Waals surface area contributed by atoms with Gasteiger partial charge in [0.05, 0.1) is 5.69 Å². The number of nitrogens with zero attached hydrogens (tertiary/aromatic N) is 2. The SMILES string of the molecule is O=c1ccnc2cc(C3CCCCN3)[nH]n12. The second-order valence-electron chi connectivity index (χ2n) is 4.19. The summed E-state index contributed by atoms with van der Waals surface area (Å²) >= 11 is 0. The molecule has 2 aromatic rings. The third kappa shape index (κ3) is 1.53. The first-order valence-corrected chi connectivity index (χ1v) is 5.65. The van der Waals surface area contributed by atoms with Gasteiger partial charge in [-0.2, -0.15) is 0 Å². The number of H-pyrrole nitrogens is 1. The maximum atomic E-state index is 11.5. The van der Waals surface area contributed by atoms with Gasteiger partial charge in [0.15, 0.2) is 5.65 Å². The van der Waals surface area contributed by atoms with Crippen LogP contribution in [0, 0.1) is 0 Å². The molecule has 0 aromatic carbocycles. The molecule has 1 unspecified atom stereocenters. The van der Waals surface area contributed by atoms with Crippen molar-refractivity contribution in [3.05, 3.63) is 34.4 Å². The highest BCUT2D eigenvalue weighted by Crippen LogP contribution is 2.21. The van der Waals surface area contributed by atoms with Gasteiger partial charge in [0, 0.05) is 24.4 Å². The maximum absolute atomic E-state index is 11.5. The van der Waals surface area contributed by atoms with Crippen LogP contribution < -0.4 is 10.9 Å².